The van der Waals surface area contributed by atoms with Crippen LogP contribution in [0.25, 0.3) is 0 Å². The van der Waals surface area contributed by atoms with Gasteiger partial charge in [0, 0.05) is 11.8 Å². The fraction of sp³-hybridized carbons (Fsp3) is 0.154. The second kappa shape index (κ2) is 5.09. The Bertz CT molecular complexity index is 764. The Hall–Kier alpha value is -2.15. The Morgan fingerprint density at radius 2 is 2.00 bits per heavy atom. The molecule has 5 nitrogen and oxygen atoms in total. The van der Waals surface area contributed by atoms with Gasteiger partial charge < -0.3 is 9.73 Å². The van der Waals surface area contributed by atoms with Gasteiger partial charge in [-0.2, -0.15) is 0 Å². The molecule has 1 heterocycles. The van der Waals surface area contributed by atoms with Crippen molar-refractivity contribution in [2.24, 2.45) is 0 Å². The Labute approximate surface area is 115 Å². The average molecular weight is 297 g/mol. The summed E-state index contributed by atoms with van der Waals surface area (Å²) in [5, 5.41) is 2.29. The van der Waals surface area contributed by atoms with Crippen LogP contribution in [0, 0.1) is 12.7 Å². The second-order valence-corrected chi connectivity index (χ2v) is 6.32. The van der Waals surface area contributed by atoms with Crippen LogP contribution in [0.1, 0.15) is 16.1 Å². The first-order valence-corrected chi connectivity index (χ1v) is 7.53. The molecule has 1 aromatic heterocycles. The summed E-state index contributed by atoms with van der Waals surface area (Å²) in [6, 6.07) is 4.79. The van der Waals surface area contributed by atoms with Crippen LogP contribution in [-0.2, 0) is 9.84 Å². The third kappa shape index (κ3) is 2.88. The zero-order valence-corrected chi connectivity index (χ0v) is 11.6. The van der Waals surface area contributed by atoms with Crippen molar-refractivity contribution in [3.8, 4) is 0 Å². The van der Waals surface area contributed by atoms with E-state index in [1.807, 2.05) is 0 Å². The van der Waals surface area contributed by atoms with E-state index in [-0.39, 0.29) is 16.3 Å². The highest BCUT2D eigenvalue weighted by Crippen LogP contribution is 2.21. The molecule has 0 aliphatic heterocycles. The Morgan fingerprint density at radius 3 is 2.55 bits per heavy atom. The highest BCUT2D eigenvalue weighted by molar-refractivity contribution is 7.90. The number of carbonyl (C=O) groups is 1. The van der Waals surface area contributed by atoms with Gasteiger partial charge in [-0.25, -0.2) is 12.8 Å². The molecule has 0 fully saturated rings. The van der Waals surface area contributed by atoms with Gasteiger partial charge in [-0.3, -0.25) is 4.79 Å². The molecule has 106 valence electrons. The molecular weight excluding hydrogens is 285 g/mol. The van der Waals surface area contributed by atoms with Crippen molar-refractivity contribution in [2.75, 3.05) is 11.6 Å². The van der Waals surface area contributed by atoms with E-state index in [2.05, 4.69) is 5.32 Å². The third-order valence-corrected chi connectivity index (χ3v) is 3.79. The summed E-state index contributed by atoms with van der Waals surface area (Å²) in [5.41, 5.74) is 0.385. The number of nitrogens with one attached hydrogen (secondary N) is 1. The van der Waals surface area contributed by atoms with Gasteiger partial charge in [0.15, 0.2) is 15.6 Å². The van der Waals surface area contributed by atoms with E-state index in [4.69, 9.17) is 4.42 Å². The Morgan fingerprint density at radius 1 is 1.30 bits per heavy atom. The maximum atomic E-state index is 13.6. The van der Waals surface area contributed by atoms with Crippen molar-refractivity contribution >= 4 is 21.4 Å². The molecule has 20 heavy (non-hydrogen) atoms. The molecule has 0 atom stereocenters. The van der Waals surface area contributed by atoms with E-state index in [1.54, 1.807) is 13.0 Å². The predicted octanol–water partition coefficient (Wildman–Crippen LogP) is 2.38. The lowest BCUT2D eigenvalue weighted by atomic mass is 10.2. The Kier molecular flexibility index (Phi) is 3.63. The normalized spacial score (nSPS) is 11.3. The zero-order chi connectivity index (χ0) is 14.9. The monoisotopic (exact) mass is 297 g/mol. The van der Waals surface area contributed by atoms with Crippen molar-refractivity contribution in [1.82, 2.24) is 0 Å². The summed E-state index contributed by atoms with van der Waals surface area (Å²) in [7, 11) is -3.48. The number of amides is 1. The first-order chi connectivity index (χ1) is 9.29. The van der Waals surface area contributed by atoms with Crippen LogP contribution in [0.3, 0.4) is 0 Å². The number of aryl methyl sites for hydroxylation is 1. The van der Waals surface area contributed by atoms with E-state index in [0.29, 0.717) is 5.56 Å². The number of halogens is 1. The van der Waals surface area contributed by atoms with Gasteiger partial charge in [-0.15, -0.1) is 0 Å². The molecule has 2 aromatic rings. The fourth-order valence-corrected chi connectivity index (χ4v) is 2.26. The molecule has 1 aromatic carbocycles. The Balaban J connectivity index is 2.34. The molecule has 0 spiro atoms. The van der Waals surface area contributed by atoms with E-state index in [1.165, 1.54) is 6.26 Å². The number of hydrogen-bond donors (Lipinski definition) is 1. The van der Waals surface area contributed by atoms with Gasteiger partial charge in [0.05, 0.1) is 16.8 Å². The molecule has 0 aliphatic rings. The quantitative estimate of drug-likeness (QED) is 0.882. The predicted molar refractivity (Wildman–Crippen MR) is 70.9 cm³/mol. The summed E-state index contributed by atoms with van der Waals surface area (Å²) in [6.45, 7) is 1.67. The van der Waals surface area contributed by atoms with E-state index in [9.17, 15) is 17.6 Å². The first-order valence-electron chi connectivity index (χ1n) is 5.64. The molecule has 0 saturated carbocycles. The SMILES string of the molecule is Cc1ccoc1C(=O)Nc1cc(S(C)(=O)=O)ccc1F. The number of furan rings is 1. The summed E-state index contributed by atoms with van der Waals surface area (Å²) in [4.78, 5) is 11.8. The summed E-state index contributed by atoms with van der Waals surface area (Å²) in [6.07, 6.45) is 2.34. The van der Waals surface area contributed by atoms with Crippen LogP contribution in [0.15, 0.2) is 39.8 Å². The first kappa shape index (κ1) is 14.3. The number of benzene rings is 1. The molecule has 0 radical (unpaired) electrons. The minimum absolute atomic E-state index is 0.0501. The van der Waals surface area contributed by atoms with Crippen LogP contribution in [0.5, 0.6) is 0 Å². The molecule has 2 rings (SSSR count). The number of sulfone groups is 1. The second-order valence-electron chi connectivity index (χ2n) is 4.30. The minimum Gasteiger partial charge on any atom is -0.459 e. The van der Waals surface area contributed by atoms with E-state index in [0.717, 1.165) is 24.5 Å². The van der Waals surface area contributed by atoms with Crippen LogP contribution >= 0.6 is 0 Å². The van der Waals surface area contributed by atoms with Crippen molar-refractivity contribution in [3.63, 3.8) is 0 Å². The van der Waals surface area contributed by atoms with Crippen LogP contribution < -0.4 is 5.32 Å². The van der Waals surface area contributed by atoms with Gasteiger partial charge in [0.25, 0.3) is 5.91 Å². The molecule has 1 N–H and O–H groups in total. The van der Waals surface area contributed by atoms with Crippen LogP contribution in [-0.4, -0.2) is 20.6 Å². The lowest BCUT2D eigenvalue weighted by Crippen LogP contribution is -2.13. The third-order valence-electron chi connectivity index (χ3n) is 2.68. The molecule has 1 amide bonds. The average Bonchev–Trinajstić information content (AvgIpc) is 2.77. The fourth-order valence-electron chi connectivity index (χ4n) is 1.62. The van der Waals surface area contributed by atoms with Crippen LogP contribution in [0.4, 0.5) is 10.1 Å². The summed E-state index contributed by atoms with van der Waals surface area (Å²) >= 11 is 0. The molecule has 7 heteroatoms. The molecular formula is C13H12FNO4S. The minimum atomic E-state index is -3.48. The summed E-state index contributed by atoms with van der Waals surface area (Å²) < 4.78 is 41.4. The number of rotatable bonds is 3. The highest BCUT2D eigenvalue weighted by Gasteiger charge is 2.17. The van der Waals surface area contributed by atoms with Crippen molar-refractivity contribution < 1.29 is 22.0 Å². The molecule has 0 unspecified atom stereocenters. The maximum absolute atomic E-state index is 13.6. The lowest BCUT2D eigenvalue weighted by Gasteiger charge is -2.07. The summed E-state index contributed by atoms with van der Waals surface area (Å²) in [5.74, 6) is -1.32. The van der Waals surface area contributed by atoms with Gasteiger partial charge in [0.2, 0.25) is 0 Å². The van der Waals surface area contributed by atoms with Gasteiger partial charge in [0.1, 0.15) is 5.82 Å². The number of carbonyl (C=O) groups excluding carboxylic acids is 1. The number of hydrogen-bond acceptors (Lipinski definition) is 4. The molecule has 0 aliphatic carbocycles. The van der Waals surface area contributed by atoms with Crippen LogP contribution in [0.2, 0.25) is 0 Å². The van der Waals surface area contributed by atoms with Gasteiger partial charge in [-0.1, -0.05) is 0 Å². The van der Waals surface area contributed by atoms with Gasteiger partial charge >= 0.3 is 0 Å². The maximum Gasteiger partial charge on any atom is 0.291 e. The van der Waals surface area contributed by atoms with E-state index >= 15 is 0 Å². The molecule has 0 bridgehead atoms. The largest absolute Gasteiger partial charge is 0.459 e. The van der Waals surface area contributed by atoms with Crippen molar-refractivity contribution in [3.05, 3.63) is 47.7 Å². The standard InChI is InChI=1S/C13H12FNO4S/c1-8-5-6-19-12(8)13(16)15-11-7-9(20(2,17)18)3-4-10(11)14/h3-7H,1-2H3,(H,15,16). The highest BCUT2D eigenvalue weighted by atomic mass is 32.2. The van der Waals surface area contributed by atoms with Gasteiger partial charge in [-0.05, 0) is 31.2 Å². The molecule has 0 saturated heterocycles. The number of anilines is 1. The zero-order valence-electron chi connectivity index (χ0n) is 10.8. The smallest absolute Gasteiger partial charge is 0.291 e. The van der Waals surface area contributed by atoms with E-state index < -0.39 is 21.6 Å². The van der Waals surface area contributed by atoms with Crippen molar-refractivity contribution in [1.29, 1.82) is 0 Å². The lowest BCUT2D eigenvalue weighted by molar-refractivity contribution is 0.0995. The topological polar surface area (TPSA) is 76.4 Å². The van der Waals surface area contributed by atoms with Crippen molar-refractivity contribution in [2.45, 2.75) is 11.8 Å².